The van der Waals surface area contributed by atoms with Gasteiger partial charge in [-0.3, -0.25) is 4.79 Å². The second kappa shape index (κ2) is 9.69. The van der Waals surface area contributed by atoms with Crippen molar-refractivity contribution in [3.05, 3.63) is 42.5 Å². The van der Waals surface area contributed by atoms with E-state index in [1.54, 1.807) is 23.1 Å². The normalized spacial score (nSPS) is 20.1. The van der Waals surface area contributed by atoms with Gasteiger partial charge in [0, 0.05) is 20.0 Å². The van der Waals surface area contributed by atoms with Gasteiger partial charge in [-0.2, -0.15) is 4.31 Å². The van der Waals surface area contributed by atoms with Gasteiger partial charge in [0.05, 0.1) is 31.1 Å². The molecule has 1 fully saturated rings. The average Bonchev–Trinajstić information content (AvgIpc) is 2.72. The smallest absolute Gasteiger partial charge is 0.243 e. The van der Waals surface area contributed by atoms with E-state index in [4.69, 9.17) is 0 Å². The lowest BCUT2D eigenvalue weighted by atomic mass is 9.99. The van der Waals surface area contributed by atoms with Gasteiger partial charge in [-0.1, -0.05) is 37.3 Å². The summed E-state index contributed by atoms with van der Waals surface area (Å²) in [5, 5.41) is 4.70. The minimum absolute atomic E-state index is 0.177. The predicted octanol–water partition coefficient (Wildman–Crippen LogP) is 1.28. The second-order valence-electron chi connectivity index (χ2n) is 8.16. The fraction of sp³-hybridized carbons (Fsp3) is 0.500. The van der Waals surface area contributed by atoms with Crippen LogP contribution < -0.4 is 10.2 Å². The van der Waals surface area contributed by atoms with Gasteiger partial charge in [0.25, 0.3) is 0 Å². The van der Waals surface area contributed by atoms with Crippen LogP contribution in [0.4, 0.5) is 0 Å². The second-order valence-corrected chi connectivity index (χ2v) is 10.2. The van der Waals surface area contributed by atoms with Crippen molar-refractivity contribution in [3.63, 3.8) is 0 Å². The molecule has 2 N–H and O–H groups in total. The SMILES string of the molecule is CC1CC[NH+](CCCNC(=O)CN(C)S(=O)(=O)c2ccc3ccccc3c2)CC1. The Bertz CT molecular complexity index is 937. The number of sulfonamides is 1. The maximum Gasteiger partial charge on any atom is 0.243 e. The molecule has 2 aromatic carbocycles. The van der Waals surface area contributed by atoms with E-state index in [1.807, 2.05) is 24.3 Å². The lowest BCUT2D eigenvalue weighted by Gasteiger charge is -2.27. The largest absolute Gasteiger partial charge is 0.355 e. The van der Waals surface area contributed by atoms with Crippen LogP contribution in [0.3, 0.4) is 0 Å². The van der Waals surface area contributed by atoms with Crippen molar-refractivity contribution in [1.29, 1.82) is 0 Å². The number of carbonyl (C=O) groups excluding carboxylic acids is 1. The van der Waals surface area contributed by atoms with E-state index in [2.05, 4.69) is 12.2 Å². The van der Waals surface area contributed by atoms with E-state index in [1.165, 1.54) is 33.0 Å². The Morgan fingerprint density at radius 2 is 1.83 bits per heavy atom. The number of hydrogen-bond acceptors (Lipinski definition) is 3. The number of hydrogen-bond donors (Lipinski definition) is 2. The number of quaternary nitrogens is 1. The number of fused-ring (bicyclic) bond motifs is 1. The first-order valence-corrected chi connectivity index (χ1v) is 11.9. The fourth-order valence-corrected chi connectivity index (χ4v) is 5.00. The van der Waals surface area contributed by atoms with Gasteiger partial charge in [-0.05, 0) is 41.7 Å². The van der Waals surface area contributed by atoms with Gasteiger partial charge >= 0.3 is 0 Å². The molecule has 0 aliphatic carbocycles. The summed E-state index contributed by atoms with van der Waals surface area (Å²) in [7, 11) is -2.26. The minimum Gasteiger partial charge on any atom is -0.355 e. The number of piperidine rings is 1. The van der Waals surface area contributed by atoms with Gasteiger partial charge in [0.15, 0.2) is 0 Å². The van der Waals surface area contributed by atoms with Crippen molar-refractivity contribution in [2.45, 2.75) is 31.1 Å². The van der Waals surface area contributed by atoms with Crippen LogP contribution in [0.25, 0.3) is 10.8 Å². The van der Waals surface area contributed by atoms with E-state index < -0.39 is 10.0 Å². The number of benzene rings is 2. The summed E-state index contributed by atoms with van der Waals surface area (Å²) in [6.07, 6.45) is 3.47. The Balaban J connectivity index is 1.47. The third kappa shape index (κ3) is 5.78. The molecule has 1 amide bonds. The third-order valence-electron chi connectivity index (χ3n) is 5.81. The predicted molar refractivity (Wildman–Crippen MR) is 115 cm³/mol. The van der Waals surface area contributed by atoms with Crippen LogP contribution in [0.1, 0.15) is 26.2 Å². The molecule has 0 aromatic heterocycles. The first-order chi connectivity index (χ1) is 13.9. The molecule has 1 heterocycles. The maximum atomic E-state index is 12.8. The maximum absolute atomic E-state index is 12.8. The molecular formula is C22H32N3O3S+. The summed E-state index contributed by atoms with van der Waals surface area (Å²) in [6, 6.07) is 12.7. The van der Waals surface area contributed by atoms with Gasteiger partial charge in [-0.25, -0.2) is 8.42 Å². The van der Waals surface area contributed by atoms with Crippen molar-refractivity contribution in [2.75, 3.05) is 39.8 Å². The molecular weight excluding hydrogens is 386 g/mol. The molecule has 2 aromatic rings. The number of carbonyl (C=O) groups is 1. The monoisotopic (exact) mass is 418 g/mol. The highest BCUT2D eigenvalue weighted by molar-refractivity contribution is 7.89. The molecule has 7 heteroatoms. The summed E-state index contributed by atoms with van der Waals surface area (Å²) in [5.41, 5.74) is 0. The Hall–Kier alpha value is -1.96. The fourth-order valence-electron chi connectivity index (χ4n) is 3.84. The molecule has 3 rings (SSSR count). The number of rotatable bonds is 8. The van der Waals surface area contributed by atoms with E-state index >= 15 is 0 Å². The van der Waals surface area contributed by atoms with Crippen LogP contribution in [0.15, 0.2) is 47.4 Å². The summed E-state index contributed by atoms with van der Waals surface area (Å²) < 4.78 is 26.7. The van der Waals surface area contributed by atoms with Crippen molar-refractivity contribution < 1.29 is 18.1 Å². The van der Waals surface area contributed by atoms with E-state index in [-0.39, 0.29) is 17.3 Å². The number of likely N-dealkylation sites (N-methyl/N-ethyl adjacent to an activating group) is 1. The van der Waals surface area contributed by atoms with Crippen molar-refractivity contribution in [3.8, 4) is 0 Å². The zero-order valence-corrected chi connectivity index (χ0v) is 18.2. The van der Waals surface area contributed by atoms with Crippen LogP contribution in [-0.4, -0.2) is 58.4 Å². The van der Waals surface area contributed by atoms with Crippen molar-refractivity contribution in [2.24, 2.45) is 5.92 Å². The van der Waals surface area contributed by atoms with Crippen LogP contribution in [-0.2, 0) is 14.8 Å². The molecule has 1 aliphatic rings. The third-order valence-corrected chi connectivity index (χ3v) is 7.61. The number of nitrogens with one attached hydrogen (secondary N) is 2. The van der Waals surface area contributed by atoms with E-state index in [9.17, 15) is 13.2 Å². The van der Waals surface area contributed by atoms with Crippen LogP contribution in [0, 0.1) is 5.92 Å². The molecule has 1 aliphatic heterocycles. The summed E-state index contributed by atoms with van der Waals surface area (Å²) in [4.78, 5) is 14.0. The highest BCUT2D eigenvalue weighted by Crippen LogP contribution is 2.21. The number of likely N-dealkylation sites (tertiary alicyclic amines) is 1. The van der Waals surface area contributed by atoms with E-state index in [0.717, 1.165) is 34.0 Å². The lowest BCUT2D eigenvalue weighted by Crippen LogP contribution is -3.13. The molecule has 158 valence electrons. The Labute approximate surface area is 173 Å². The van der Waals surface area contributed by atoms with Crippen LogP contribution in [0.2, 0.25) is 0 Å². The Kier molecular flexibility index (Phi) is 7.27. The topological polar surface area (TPSA) is 70.9 Å². The van der Waals surface area contributed by atoms with Gasteiger partial charge in [-0.15, -0.1) is 0 Å². The van der Waals surface area contributed by atoms with E-state index in [0.29, 0.717) is 6.54 Å². The van der Waals surface area contributed by atoms with Gasteiger partial charge in [0.1, 0.15) is 0 Å². The minimum atomic E-state index is -3.71. The zero-order valence-electron chi connectivity index (χ0n) is 17.4. The standard InChI is InChI=1S/C22H31N3O3S/c1-18-10-14-25(15-11-18)13-5-12-23-22(26)17-24(2)29(27,28)21-9-8-19-6-3-4-7-20(19)16-21/h3-4,6-9,16,18H,5,10-15,17H2,1-2H3,(H,23,26)/p+1. The van der Waals surface area contributed by atoms with Crippen LogP contribution in [0.5, 0.6) is 0 Å². The van der Waals surface area contributed by atoms with Gasteiger partial charge in [0.2, 0.25) is 15.9 Å². The molecule has 1 saturated heterocycles. The number of nitrogens with zero attached hydrogens (tertiary/aromatic N) is 1. The molecule has 0 atom stereocenters. The molecule has 0 spiro atoms. The molecule has 6 nitrogen and oxygen atoms in total. The molecule has 0 radical (unpaired) electrons. The Morgan fingerprint density at radius 3 is 2.55 bits per heavy atom. The summed E-state index contributed by atoms with van der Waals surface area (Å²) in [6.45, 7) is 6.19. The van der Waals surface area contributed by atoms with Crippen molar-refractivity contribution in [1.82, 2.24) is 9.62 Å². The first kappa shape index (κ1) is 21.7. The quantitative estimate of drug-likeness (QED) is 0.635. The Morgan fingerprint density at radius 1 is 1.14 bits per heavy atom. The molecule has 0 unspecified atom stereocenters. The summed E-state index contributed by atoms with van der Waals surface area (Å²) in [5.74, 6) is 0.567. The molecule has 29 heavy (non-hydrogen) atoms. The highest BCUT2D eigenvalue weighted by atomic mass is 32.2. The number of amides is 1. The first-order valence-electron chi connectivity index (χ1n) is 10.4. The lowest BCUT2D eigenvalue weighted by molar-refractivity contribution is -0.906. The van der Waals surface area contributed by atoms with Crippen molar-refractivity contribution >= 4 is 26.7 Å². The molecule has 0 bridgehead atoms. The average molecular weight is 419 g/mol. The molecule has 0 saturated carbocycles. The highest BCUT2D eigenvalue weighted by Gasteiger charge is 2.23. The van der Waals surface area contributed by atoms with Crippen LogP contribution >= 0.6 is 0 Å². The van der Waals surface area contributed by atoms with Gasteiger partial charge < -0.3 is 10.2 Å². The summed E-state index contributed by atoms with van der Waals surface area (Å²) >= 11 is 0. The zero-order chi connectivity index (χ0) is 20.9.